The van der Waals surface area contributed by atoms with Crippen LogP contribution >= 0.6 is 23.8 Å². The van der Waals surface area contributed by atoms with E-state index in [1.165, 1.54) is 20.2 Å². The Kier molecular flexibility index (Phi) is 6.19. The Bertz CT molecular complexity index is 1240. The molecule has 0 fully saturated rings. The van der Waals surface area contributed by atoms with Gasteiger partial charge < -0.3 is 9.57 Å². The van der Waals surface area contributed by atoms with E-state index in [2.05, 4.69) is 5.16 Å². The van der Waals surface area contributed by atoms with Crippen LogP contribution in [0.1, 0.15) is 32.3 Å². The number of benzene rings is 1. The quantitative estimate of drug-likeness (QED) is 0.502. The van der Waals surface area contributed by atoms with Crippen molar-refractivity contribution in [2.24, 2.45) is 19.3 Å². The van der Waals surface area contributed by atoms with Crippen molar-refractivity contribution in [1.29, 1.82) is 0 Å². The number of nitrogens with zero attached hydrogens (tertiary/aromatic N) is 4. The number of ether oxygens (including phenoxy) is 1. The van der Waals surface area contributed by atoms with Gasteiger partial charge in [-0.1, -0.05) is 16.8 Å². The molecule has 0 spiro atoms. The van der Waals surface area contributed by atoms with E-state index in [1.807, 2.05) is 0 Å². The van der Waals surface area contributed by atoms with Gasteiger partial charge >= 0.3 is 17.3 Å². The zero-order chi connectivity index (χ0) is 23.1. The van der Waals surface area contributed by atoms with Gasteiger partial charge in [0.05, 0.1) is 23.0 Å². The van der Waals surface area contributed by atoms with Gasteiger partial charge in [-0.3, -0.25) is 9.13 Å². The van der Waals surface area contributed by atoms with Crippen molar-refractivity contribution in [2.75, 3.05) is 6.61 Å². The monoisotopic (exact) mass is 470 g/mol. The molecule has 9 nitrogen and oxygen atoms in total. The number of halogens is 2. The molecule has 0 bridgehead atoms. The predicted molar refractivity (Wildman–Crippen MR) is 114 cm³/mol. The van der Waals surface area contributed by atoms with E-state index in [1.54, 1.807) is 13.8 Å². The van der Waals surface area contributed by atoms with Gasteiger partial charge in [-0.25, -0.2) is 23.3 Å². The highest BCUT2D eigenvalue weighted by Gasteiger charge is 2.40. The minimum Gasteiger partial charge on any atom is -0.463 e. The van der Waals surface area contributed by atoms with E-state index in [-0.39, 0.29) is 40.5 Å². The Morgan fingerprint density at radius 2 is 1.94 bits per heavy atom. The summed E-state index contributed by atoms with van der Waals surface area (Å²) < 4.78 is 22.5. The van der Waals surface area contributed by atoms with Crippen molar-refractivity contribution in [1.82, 2.24) is 13.7 Å². The Labute approximate surface area is 186 Å². The lowest BCUT2D eigenvalue weighted by molar-refractivity contribution is -0.172. The van der Waals surface area contributed by atoms with Gasteiger partial charge in [0.15, 0.2) is 4.77 Å². The average molecular weight is 471 g/mol. The number of aromatic nitrogens is 3. The summed E-state index contributed by atoms with van der Waals surface area (Å²) >= 11 is 11.3. The molecule has 0 N–H and O–H groups in total. The van der Waals surface area contributed by atoms with E-state index >= 15 is 0 Å². The third-order valence-corrected chi connectivity index (χ3v) is 5.88. The maximum atomic E-state index is 14.8. The minimum atomic E-state index is -1.26. The lowest BCUT2D eigenvalue weighted by Crippen LogP contribution is -2.44. The molecule has 31 heavy (non-hydrogen) atoms. The molecule has 1 aromatic carbocycles. The fraction of sp³-hybridized carbons (Fsp3) is 0.421. The summed E-state index contributed by atoms with van der Waals surface area (Å²) in [5.74, 6) is -1.42. The van der Waals surface area contributed by atoms with Crippen LogP contribution in [-0.2, 0) is 28.5 Å². The molecule has 166 valence electrons. The number of hydrogen-bond donors (Lipinski definition) is 0. The highest BCUT2D eigenvalue weighted by molar-refractivity contribution is 7.71. The van der Waals surface area contributed by atoms with E-state index in [9.17, 15) is 18.8 Å². The van der Waals surface area contributed by atoms with Crippen LogP contribution in [-0.4, -0.2) is 37.6 Å². The SMILES string of the molecule is CCOC(=O)C1(C)CCC(c2cc(-n3c(=O)n(C)c(=S)n(C)c3=O)c(F)cc2Cl)=NO1. The molecule has 0 radical (unpaired) electrons. The molecule has 0 saturated heterocycles. The Hall–Kier alpha value is -2.79. The molecule has 1 aliphatic heterocycles. The summed E-state index contributed by atoms with van der Waals surface area (Å²) in [6, 6.07) is 2.24. The highest BCUT2D eigenvalue weighted by Crippen LogP contribution is 2.30. The molecule has 2 heterocycles. The van der Waals surface area contributed by atoms with Crippen LogP contribution in [0, 0.1) is 10.6 Å². The number of oxime groups is 1. The summed E-state index contributed by atoms with van der Waals surface area (Å²) in [7, 11) is 2.76. The largest absolute Gasteiger partial charge is 0.463 e. The van der Waals surface area contributed by atoms with E-state index in [0.717, 1.165) is 15.2 Å². The maximum Gasteiger partial charge on any atom is 0.353 e. The second-order valence-corrected chi connectivity index (χ2v) is 7.94. The first-order chi connectivity index (χ1) is 14.5. The van der Waals surface area contributed by atoms with Crippen molar-refractivity contribution in [3.05, 3.63) is 54.3 Å². The van der Waals surface area contributed by atoms with Crippen LogP contribution in [0.15, 0.2) is 26.9 Å². The minimum absolute atomic E-state index is 0.0100. The Morgan fingerprint density at radius 3 is 2.45 bits per heavy atom. The van der Waals surface area contributed by atoms with E-state index < -0.39 is 28.8 Å². The van der Waals surface area contributed by atoms with Crippen LogP contribution in [0.3, 0.4) is 0 Å². The molecule has 3 rings (SSSR count). The second kappa shape index (κ2) is 8.39. The topological polar surface area (TPSA) is 96.8 Å². The highest BCUT2D eigenvalue weighted by atomic mass is 35.5. The molecule has 0 saturated carbocycles. The lowest BCUT2D eigenvalue weighted by Gasteiger charge is -2.29. The van der Waals surface area contributed by atoms with Gasteiger partial charge in [-0.2, -0.15) is 0 Å². The summed E-state index contributed by atoms with van der Waals surface area (Å²) in [4.78, 5) is 42.8. The number of carbonyl (C=O) groups is 1. The van der Waals surface area contributed by atoms with Crippen molar-refractivity contribution >= 4 is 35.5 Å². The maximum absolute atomic E-state index is 14.8. The standard InChI is InChI=1S/C19H20ClFN4O5S/c1-5-29-15(26)19(2)7-6-13(22-30-19)10-8-14(12(21)9-11(10)20)25-16(27)23(3)18(31)24(4)17(25)28/h8-9H,5-7H2,1-4H3. The Balaban J connectivity index is 2.13. The van der Waals surface area contributed by atoms with Crippen LogP contribution in [0.25, 0.3) is 5.69 Å². The Morgan fingerprint density at radius 1 is 1.32 bits per heavy atom. The first-order valence-electron chi connectivity index (χ1n) is 9.33. The van der Waals surface area contributed by atoms with Gasteiger partial charge in [0, 0.05) is 26.1 Å². The molecule has 2 aromatic rings. The zero-order valence-electron chi connectivity index (χ0n) is 17.3. The predicted octanol–water partition coefficient (Wildman–Crippen LogP) is 2.23. The molecule has 12 heteroatoms. The van der Waals surface area contributed by atoms with Gasteiger partial charge in [0.2, 0.25) is 5.60 Å². The van der Waals surface area contributed by atoms with Crippen molar-refractivity contribution < 1.29 is 18.8 Å². The molecular formula is C19H20ClFN4O5S. The molecule has 0 amide bonds. The summed E-state index contributed by atoms with van der Waals surface area (Å²) in [5.41, 5.74) is -2.58. The van der Waals surface area contributed by atoms with Crippen molar-refractivity contribution in [3.63, 3.8) is 0 Å². The first kappa shape index (κ1) is 22.9. The average Bonchev–Trinajstić information content (AvgIpc) is 2.73. The smallest absolute Gasteiger partial charge is 0.353 e. The number of hydrogen-bond acceptors (Lipinski definition) is 7. The fourth-order valence-electron chi connectivity index (χ4n) is 3.12. The second-order valence-electron chi connectivity index (χ2n) is 7.17. The molecule has 1 aromatic heterocycles. The third kappa shape index (κ3) is 3.94. The van der Waals surface area contributed by atoms with Crippen LogP contribution in [0.4, 0.5) is 4.39 Å². The van der Waals surface area contributed by atoms with Crippen molar-refractivity contribution in [2.45, 2.75) is 32.3 Å². The summed E-state index contributed by atoms with van der Waals surface area (Å²) in [6.07, 6.45) is 0.515. The van der Waals surface area contributed by atoms with Gasteiger partial charge in [-0.15, -0.1) is 0 Å². The number of carbonyl (C=O) groups excluding carboxylic acids is 1. The normalized spacial score (nSPS) is 18.3. The zero-order valence-corrected chi connectivity index (χ0v) is 18.8. The van der Waals surface area contributed by atoms with Gasteiger partial charge in [0.1, 0.15) is 5.82 Å². The van der Waals surface area contributed by atoms with Crippen LogP contribution in [0.2, 0.25) is 5.02 Å². The van der Waals surface area contributed by atoms with Crippen LogP contribution < -0.4 is 11.4 Å². The molecule has 1 unspecified atom stereocenters. The van der Waals surface area contributed by atoms with Crippen LogP contribution in [0.5, 0.6) is 0 Å². The fourth-order valence-corrected chi connectivity index (χ4v) is 3.53. The molecule has 1 aliphatic rings. The van der Waals surface area contributed by atoms with E-state index in [4.69, 9.17) is 33.4 Å². The van der Waals surface area contributed by atoms with Gasteiger partial charge in [-0.05, 0) is 44.6 Å². The van der Waals surface area contributed by atoms with Crippen molar-refractivity contribution in [3.8, 4) is 5.69 Å². The number of rotatable bonds is 4. The molecular weight excluding hydrogens is 451 g/mol. The summed E-state index contributed by atoms with van der Waals surface area (Å²) in [6.45, 7) is 3.44. The number of esters is 1. The molecule has 0 aliphatic carbocycles. The lowest BCUT2D eigenvalue weighted by atomic mass is 9.94. The third-order valence-electron chi connectivity index (χ3n) is 5.02. The summed E-state index contributed by atoms with van der Waals surface area (Å²) in [5, 5.41) is 4.00. The van der Waals surface area contributed by atoms with E-state index in [0.29, 0.717) is 10.3 Å². The first-order valence-corrected chi connectivity index (χ1v) is 10.1. The van der Waals surface area contributed by atoms with Gasteiger partial charge in [0.25, 0.3) is 0 Å². The molecule has 1 atom stereocenters.